The van der Waals surface area contributed by atoms with Crippen LogP contribution in [0.2, 0.25) is 0 Å². The Kier molecular flexibility index (Phi) is 15.2. The van der Waals surface area contributed by atoms with Crippen LogP contribution >= 0.6 is 24.0 Å². The van der Waals surface area contributed by atoms with Crippen LogP contribution in [0, 0.1) is 0 Å². The first kappa shape index (κ1) is 28.1. The van der Waals surface area contributed by atoms with Gasteiger partial charge in [-0.1, -0.05) is 38.1 Å². The standard InChI is InChI=1S/C24H42N4O2.HI/c1-5-25-24(28-15-13-23(14-16-28)30-18-8-17-29-4)26-19-21-9-11-22(12-10-21)20-27(6-2)7-3;/h9-12,23H,5-8,13-20H2,1-4H3,(H,25,26);1H. The van der Waals surface area contributed by atoms with Crippen molar-refractivity contribution in [1.29, 1.82) is 0 Å². The van der Waals surface area contributed by atoms with E-state index < -0.39 is 0 Å². The SMILES string of the molecule is CCNC(=NCc1ccc(CN(CC)CC)cc1)N1CCC(OCCCOC)CC1.I. The first-order valence-corrected chi connectivity index (χ1v) is 11.6. The van der Waals surface area contributed by atoms with Crippen LogP contribution < -0.4 is 5.32 Å². The predicted octanol–water partition coefficient (Wildman–Crippen LogP) is 4.13. The molecule has 1 heterocycles. The highest BCUT2D eigenvalue weighted by Crippen LogP contribution is 2.15. The van der Waals surface area contributed by atoms with Crippen molar-refractivity contribution < 1.29 is 9.47 Å². The quantitative estimate of drug-likeness (QED) is 0.185. The van der Waals surface area contributed by atoms with Gasteiger partial charge in [-0.15, -0.1) is 24.0 Å². The minimum absolute atomic E-state index is 0. The van der Waals surface area contributed by atoms with E-state index in [1.54, 1.807) is 7.11 Å². The van der Waals surface area contributed by atoms with E-state index in [-0.39, 0.29) is 24.0 Å². The number of aliphatic imine (C=N–C) groups is 1. The van der Waals surface area contributed by atoms with Crippen LogP contribution in [0.25, 0.3) is 0 Å². The van der Waals surface area contributed by atoms with Crippen molar-refractivity contribution in [2.24, 2.45) is 4.99 Å². The average molecular weight is 547 g/mol. The minimum atomic E-state index is 0. The van der Waals surface area contributed by atoms with Crippen molar-refractivity contribution in [2.45, 2.75) is 59.2 Å². The van der Waals surface area contributed by atoms with Gasteiger partial charge >= 0.3 is 0 Å². The van der Waals surface area contributed by atoms with Gasteiger partial charge in [0.25, 0.3) is 0 Å². The van der Waals surface area contributed by atoms with Gasteiger partial charge in [-0.2, -0.15) is 0 Å². The lowest BCUT2D eigenvalue weighted by atomic mass is 10.1. The maximum atomic E-state index is 5.99. The molecule has 7 heteroatoms. The number of halogens is 1. The summed E-state index contributed by atoms with van der Waals surface area (Å²) in [4.78, 5) is 9.71. The van der Waals surface area contributed by atoms with Gasteiger partial charge in [-0.3, -0.25) is 4.90 Å². The summed E-state index contributed by atoms with van der Waals surface area (Å²) >= 11 is 0. The monoisotopic (exact) mass is 546 g/mol. The summed E-state index contributed by atoms with van der Waals surface area (Å²) in [6, 6.07) is 8.91. The molecular weight excluding hydrogens is 503 g/mol. The lowest BCUT2D eigenvalue weighted by Crippen LogP contribution is -2.47. The Bertz CT molecular complexity index is 600. The number of rotatable bonds is 12. The maximum absolute atomic E-state index is 5.99. The Morgan fingerprint density at radius 3 is 2.29 bits per heavy atom. The van der Waals surface area contributed by atoms with E-state index in [9.17, 15) is 0 Å². The van der Waals surface area contributed by atoms with Crippen LogP contribution in [0.1, 0.15) is 51.2 Å². The zero-order valence-electron chi connectivity index (χ0n) is 19.9. The van der Waals surface area contributed by atoms with Gasteiger partial charge in [0, 0.05) is 46.5 Å². The number of guanidine groups is 1. The average Bonchev–Trinajstić information content (AvgIpc) is 2.79. The molecule has 1 aromatic rings. The zero-order chi connectivity index (χ0) is 21.6. The molecule has 1 aliphatic rings. The number of hydrogen-bond donors (Lipinski definition) is 1. The first-order valence-electron chi connectivity index (χ1n) is 11.6. The molecule has 178 valence electrons. The molecule has 6 nitrogen and oxygen atoms in total. The van der Waals surface area contributed by atoms with E-state index in [1.807, 2.05) is 0 Å². The zero-order valence-corrected chi connectivity index (χ0v) is 22.3. The third-order valence-corrected chi connectivity index (χ3v) is 5.66. The fourth-order valence-corrected chi connectivity index (χ4v) is 3.74. The van der Waals surface area contributed by atoms with Crippen LogP contribution in [-0.4, -0.2) is 74.9 Å². The van der Waals surface area contributed by atoms with Crippen LogP contribution in [0.4, 0.5) is 0 Å². The highest BCUT2D eigenvalue weighted by Gasteiger charge is 2.21. The topological polar surface area (TPSA) is 49.3 Å². The predicted molar refractivity (Wildman–Crippen MR) is 140 cm³/mol. The van der Waals surface area contributed by atoms with E-state index in [0.717, 1.165) is 77.7 Å². The van der Waals surface area contributed by atoms with E-state index in [0.29, 0.717) is 12.6 Å². The van der Waals surface area contributed by atoms with Gasteiger partial charge in [0.1, 0.15) is 0 Å². The highest BCUT2D eigenvalue weighted by molar-refractivity contribution is 14.0. The molecule has 1 aliphatic heterocycles. The summed E-state index contributed by atoms with van der Waals surface area (Å²) in [5, 5.41) is 3.46. The number of nitrogens with one attached hydrogen (secondary N) is 1. The first-order chi connectivity index (χ1) is 14.7. The second-order valence-electron chi connectivity index (χ2n) is 7.85. The second-order valence-corrected chi connectivity index (χ2v) is 7.85. The molecule has 31 heavy (non-hydrogen) atoms. The number of likely N-dealkylation sites (tertiary alicyclic amines) is 1. The van der Waals surface area contributed by atoms with E-state index in [1.165, 1.54) is 11.1 Å². The normalized spacial score (nSPS) is 15.3. The Hall–Kier alpha value is -0.900. The number of benzene rings is 1. The molecule has 0 atom stereocenters. The molecule has 0 radical (unpaired) electrons. The summed E-state index contributed by atoms with van der Waals surface area (Å²) < 4.78 is 11.1. The van der Waals surface area contributed by atoms with Crippen LogP contribution in [0.3, 0.4) is 0 Å². The molecule has 0 aliphatic carbocycles. The second kappa shape index (κ2) is 16.7. The van der Waals surface area contributed by atoms with Gasteiger partial charge in [0.15, 0.2) is 5.96 Å². The van der Waals surface area contributed by atoms with Crippen LogP contribution in [0.5, 0.6) is 0 Å². The van der Waals surface area contributed by atoms with Crippen molar-refractivity contribution in [3.05, 3.63) is 35.4 Å². The highest BCUT2D eigenvalue weighted by atomic mass is 127. The Morgan fingerprint density at radius 2 is 1.71 bits per heavy atom. The lowest BCUT2D eigenvalue weighted by Gasteiger charge is -2.34. The molecule has 0 unspecified atom stereocenters. The molecule has 0 aromatic heterocycles. The number of piperidine rings is 1. The summed E-state index contributed by atoms with van der Waals surface area (Å²) in [5.74, 6) is 1.02. The maximum Gasteiger partial charge on any atom is 0.194 e. The van der Waals surface area contributed by atoms with E-state index >= 15 is 0 Å². The van der Waals surface area contributed by atoms with Crippen molar-refractivity contribution in [1.82, 2.24) is 15.1 Å². The number of hydrogen-bond acceptors (Lipinski definition) is 4. The van der Waals surface area contributed by atoms with E-state index in [4.69, 9.17) is 14.5 Å². The molecule has 1 saturated heterocycles. The summed E-state index contributed by atoms with van der Waals surface area (Å²) in [5.41, 5.74) is 2.62. The van der Waals surface area contributed by atoms with Gasteiger partial charge in [-0.05, 0) is 50.4 Å². The molecule has 0 saturated carbocycles. The van der Waals surface area contributed by atoms with E-state index in [2.05, 4.69) is 60.2 Å². The Balaban J connectivity index is 0.00000480. The number of ether oxygens (including phenoxy) is 2. The fourth-order valence-electron chi connectivity index (χ4n) is 3.74. The summed E-state index contributed by atoms with van der Waals surface area (Å²) in [6.45, 7) is 14.9. The fraction of sp³-hybridized carbons (Fsp3) is 0.708. The van der Waals surface area contributed by atoms with Gasteiger partial charge < -0.3 is 19.7 Å². The van der Waals surface area contributed by atoms with Crippen molar-refractivity contribution in [3.8, 4) is 0 Å². The number of methoxy groups -OCH3 is 1. The smallest absolute Gasteiger partial charge is 0.194 e. The third-order valence-electron chi connectivity index (χ3n) is 5.66. The molecule has 0 amide bonds. The van der Waals surface area contributed by atoms with Crippen molar-refractivity contribution in [3.63, 3.8) is 0 Å². The largest absolute Gasteiger partial charge is 0.385 e. The molecule has 0 bridgehead atoms. The Morgan fingerprint density at radius 1 is 1.06 bits per heavy atom. The summed E-state index contributed by atoms with van der Waals surface area (Å²) in [6.07, 6.45) is 3.43. The van der Waals surface area contributed by atoms with Crippen LogP contribution in [0.15, 0.2) is 29.3 Å². The third kappa shape index (κ3) is 10.5. The molecule has 1 aromatic carbocycles. The molecule has 2 rings (SSSR count). The minimum Gasteiger partial charge on any atom is -0.385 e. The molecule has 1 N–H and O–H groups in total. The summed E-state index contributed by atoms with van der Waals surface area (Å²) in [7, 11) is 1.74. The van der Waals surface area contributed by atoms with Crippen molar-refractivity contribution in [2.75, 3.05) is 53.0 Å². The Labute approximate surface area is 206 Å². The molecular formula is C24H43IN4O2. The molecule has 0 spiro atoms. The van der Waals surface area contributed by atoms with Gasteiger partial charge in [0.2, 0.25) is 0 Å². The molecule has 1 fully saturated rings. The van der Waals surface area contributed by atoms with Crippen LogP contribution in [-0.2, 0) is 22.6 Å². The van der Waals surface area contributed by atoms with Crippen molar-refractivity contribution >= 4 is 29.9 Å². The lowest BCUT2D eigenvalue weighted by molar-refractivity contribution is 0.00990. The number of nitrogens with zero attached hydrogens (tertiary/aromatic N) is 3. The van der Waals surface area contributed by atoms with Gasteiger partial charge in [-0.25, -0.2) is 4.99 Å². The van der Waals surface area contributed by atoms with Gasteiger partial charge in [0.05, 0.1) is 12.6 Å².